The Labute approximate surface area is 151 Å². The van der Waals surface area contributed by atoms with Crippen molar-refractivity contribution < 1.29 is 23.1 Å². The van der Waals surface area contributed by atoms with Crippen molar-refractivity contribution in [2.24, 2.45) is 11.7 Å². The molecule has 1 saturated heterocycles. The zero-order valence-corrected chi connectivity index (χ0v) is 15.4. The van der Waals surface area contributed by atoms with Gasteiger partial charge in [-0.3, -0.25) is 4.79 Å². The van der Waals surface area contributed by atoms with E-state index in [4.69, 9.17) is 22.4 Å². The molecule has 0 saturated carbocycles. The first-order valence-electron chi connectivity index (χ1n) is 7.94. The third-order valence-electron chi connectivity index (χ3n) is 4.46. The van der Waals surface area contributed by atoms with Crippen molar-refractivity contribution in [1.29, 1.82) is 0 Å². The van der Waals surface area contributed by atoms with E-state index in [9.17, 15) is 18.0 Å². The molecular formula is C16H21ClN2O5S. The topological polar surface area (TPSA) is 118 Å². The zero-order valence-electron chi connectivity index (χ0n) is 13.9. The van der Waals surface area contributed by atoms with Crippen LogP contribution in [-0.2, 0) is 14.8 Å². The molecule has 3 N–H and O–H groups in total. The fourth-order valence-electron chi connectivity index (χ4n) is 3.05. The summed E-state index contributed by atoms with van der Waals surface area (Å²) in [7, 11) is -3.88. The number of carbonyl (C=O) groups is 2. The van der Waals surface area contributed by atoms with Gasteiger partial charge in [0.25, 0.3) is 0 Å². The van der Waals surface area contributed by atoms with E-state index in [0.29, 0.717) is 24.9 Å². The number of carbonyl (C=O) groups excluding carboxylic acids is 1. The van der Waals surface area contributed by atoms with Gasteiger partial charge in [0.2, 0.25) is 15.9 Å². The quantitative estimate of drug-likeness (QED) is 0.799. The van der Waals surface area contributed by atoms with Gasteiger partial charge in [0.15, 0.2) is 0 Å². The van der Waals surface area contributed by atoms with Gasteiger partial charge in [-0.1, -0.05) is 11.6 Å². The van der Waals surface area contributed by atoms with Crippen LogP contribution in [0.4, 0.5) is 0 Å². The van der Waals surface area contributed by atoms with Gasteiger partial charge in [0.05, 0.1) is 10.5 Å². The first-order valence-corrected chi connectivity index (χ1v) is 9.76. The molecule has 1 heterocycles. The van der Waals surface area contributed by atoms with Gasteiger partial charge < -0.3 is 10.8 Å². The van der Waals surface area contributed by atoms with E-state index in [2.05, 4.69) is 0 Å². The number of benzene rings is 1. The summed E-state index contributed by atoms with van der Waals surface area (Å²) in [5, 5.41) is 9.25. The molecule has 1 aromatic carbocycles. The predicted octanol–water partition coefficient (Wildman–Crippen LogP) is 2.01. The number of carboxylic acid groups (broad SMARTS) is 1. The van der Waals surface area contributed by atoms with E-state index < -0.39 is 21.9 Å². The number of carboxylic acids is 1. The lowest BCUT2D eigenvalue weighted by Crippen LogP contribution is -2.33. The monoisotopic (exact) mass is 388 g/mol. The Kier molecular flexibility index (Phi) is 6.08. The molecule has 1 aliphatic heterocycles. The number of primary amides is 1. The number of hydrogen-bond donors (Lipinski definition) is 2. The summed E-state index contributed by atoms with van der Waals surface area (Å²) >= 11 is 6.02. The number of sulfonamides is 1. The van der Waals surface area contributed by atoms with E-state index in [0.717, 1.165) is 12.5 Å². The molecule has 2 rings (SSSR count). The second-order valence-corrected chi connectivity index (χ2v) is 8.57. The number of amides is 1. The Bertz CT molecular complexity index is 794. The highest BCUT2D eigenvalue weighted by atomic mass is 35.5. The summed E-state index contributed by atoms with van der Waals surface area (Å²) in [4.78, 5) is 22.2. The number of nitrogens with zero attached hydrogens (tertiary/aromatic N) is 1. The average Bonchev–Trinajstić information content (AvgIpc) is 2.74. The van der Waals surface area contributed by atoms with Crippen LogP contribution in [0.15, 0.2) is 17.0 Å². The SMILES string of the molecule is Cc1c(Cl)cc(C(=O)O)cc1S(=O)(=O)N1CCCC(CC(N)=O)CC1. The molecule has 1 fully saturated rings. The van der Waals surface area contributed by atoms with Crippen LogP contribution in [0.5, 0.6) is 0 Å². The Morgan fingerprint density at radius 2 is 2.00 bits per heavy atom. The van der Waals surface area contributed by atoms with Crippen LogP contribution < -0.4 is 5.73 Å². The molecule has 138 valence electrons. The molecule has 0 aromatic heterocycles. The number of nitrogens with two attached hydrogens (primary N) is 1. The van der Waals surface area contributed by atoms with Gasteiger partial charge in [-0.05, 0) is 49.8 Å². The maximum absolute atomic E-state index is 13.0. The minimum Gasteiger partial charge on any atom is -0.478 e. The van der Waals surface area contributed by atoms with Gasteiger partial charge >= 0.3 is 5.97 Å². The highest BCUT2D eigenvalue weighted by molar-refractivity contribution is 7.89. The first-order chi connectivity index (χ1) is 11.6. The number of rotatable bonds is 5. The highest BCUT2D eigenvalue weighted by Crippen LogP contribution is 2.30. The van der Waals surface area contributed by atoms with Crippen molar-refractivity contribution in [3.05, 3.63) is 28.3 Å². The van der Waals surface area contributed by atoms with Gasteiger partial charge in [-0.2, -0.15) is 4.31 Å². The predicted molar refractivity (Wildman–Crippen MR) is 93.1 cm³/mol. The summed E-state index contributed by atoms with van der Waals surface area (Å²) in [6.45, 7) is 2.12. The van der Waals surface area contributed by atoms with Crippen molar-refractivity contribution in [3.63, 3.8) is 0 Å². The molecule has 1 atom stereocenters. The van der Waals surface area contributed by atoms with E-state index in [1.54, 1.807) is 6.92 Å². The first kappa shape index (κ1) is 19.7. The van der Waals surface area contributed by atoms with Crippen LogP contribution in [0.2, 0.25) is 5.02 Å². The standard InChI is InChI=1S/C16H21ClN2O5S/c1-10-13(17)8-12(16(21)22)9-14(10)25(23,24)19-5-2-3-11(4-6-19)7-15(18)20/h8-9,11H,2-7H2,1H3,(H2,18,20)(H,21,22). The van der Waals surface area contributed by atoms with Crippen LogP contribution in [-0.4, -0.2) is 42.8 Å². The van der Waals surface area contributed by atoms with E-state index in [1.165, 1.54) is 10.4 Å². The maximum atomic E-state index is 13.0. The van der Waals surface area contributed by atoms with Crippen molar-refractivity contribution >= 4 is 33.5 Å². The van der Waals surface area contributed by atoms with Gasteiger partial charge in [-0.15, -0.1) is 0 Å². The highest BCUT2D eigenvalue weighted by Gasteiger charge is 2.30. The van der Waals surface area contributed by atoms with Gasteiger partial charge in [0.1, 0.15) is 0 Å². The van der Waals surface area contributed by atoms with Crippen LogP contribution in [0.1, 0.15) is 41.6 Å². The third-order valence-corrected chi connectivity index (χ3v) is 6.88. The fraction of sp³-hybridized carbons (Fsp3) is 0.500. The molecule has 0 aliphatic carbocycles. The molecule has 1 aliphatic rings. The van der Waals surface area contributed by atoms with Crippen molar-refractivity contribution in [1.82, 2.24) is 4.31 Å². The summed E-state index contributed by atoms with van der Waals surface area (Å²) < 4.78 is 27.3. The fourth-order valence-corrected chi connectivity index (χ4v) is 5.09. The minimum absolute atomic E-state index is 0.0627. The lowest BCUT2D eigenvalue weighted by molar-refractivity contribution is -0.119. The molecule has 9 heteroatoms. The zero-order chi connectivity index (χ0) is 18.8. The largest absolute Gasteiger partial charge is 0.478 e. The van der Waals surface area contributed by atoms with Crippen LogP contribution in [0, 0.1) is 12.8 Å². The van der Waals surface area contributed by atoms with E-state index >= 15 is 0 Å². The van der Waals surface area contributed by atoms with Crippen LogP contribution in [0.25, 0.3) is 0 Å². The molecule has 0 bridgehead atoms. The molecular weight excluding hydrogens is 368 g/mol. The number of halogens is 1. The molecule has 25 heavy (non-hydrogen) atoms. The Morgan fingerprint density at radius 1 is 1.32 bits per heavy atom. The van der Waals surface area contributed by atoms with E-state index in [1.807, 2.05) is 0 Å². The van der Waals surface area contributed by atoms with Crippen molar-refractivity contribution in [3.8, 4) is 0 Å². The number of hydrogen-bond acceptors (Lipinski definition) is 4. The van der Waals surface area contributed by atoms with Crippen molar-refractivity contribution in [2.45, 2.75) is 37.5 Å². The second-order valence-electron chi connectivity index (χ2n) is 6.26. The summed E-state index contributed by atoms with van der Waals surface area (Å²) in [6.07, 6.45) is 2.12. The minimum atomic E-state index is -3.88. The normalized spacial score (nSPS) is 19.4. The van der Waals surface area contributed by atoms with Gasteiger partial charge in [0, 0.05) is 24.5 Å². The summed E-state index contributed by atoms with van der Waals surface area (Å²) in [5.41, 5.74) is 5.38. The number of aromatic carboxylic acids is 1. The summed E-state index contributed by atoms with van der Waals surface area (Å²) in [5.74, 6) is -1.57. The van der Waals surface area contributed by atoms with Crippen LogP contribution >= 0.6 is 11.6 Å². The average molecular weight is 389 g/mol. The van der Waals surface area contributed by atoms with E-state index in [-0.39, 0.29) is 34.4 Å². The Hall–Kier alpha value is -1.64. The molecule has 0 spiro atoms. The lowest BCUT2D eigenvalue weighted by Gasteiger charge is -2.22. The lowest BCUT2D eigenvalue weighted by atomic mass is 9.97. The molecule has 0 radical (unpaired) electrons. The van der Waals surface area contributed by atoms with Gasteiger partial charge in [-0.25, -0.2) is 13.2 Å². The Balaban J connectivity index is 2.32. The Morgan fingerprint density at radius 3 is 2.60 bits per heavy atom. The third kappa shape index (κ3) is 4.50. The summed E-state index contributed by atoms with van der Waals surface area (Å²) in [6, 6.07) is 2.38. The molecule has 1 amide bonds. The van der Waals surface area contributed by atoms with Crippen LogP contribution in [0.3, 0.4) is 0 Å². The molecule has 1 aromatic rings. The molecule has 1 unspecified atom stereocenters. The smallest absolute Gasteiger partial charge is 0.335 e. The molecule has 7 nitrogen and oxygen atoms in total. The van der Waals surface area contributed by atoms with Crippen molar-refractivity contribution in [2.75, 3.05) is 13.1 Å². The maximum Gasteiger partial charge on any atom is 0.335 e. The second kappa shape index (κ2) is 7.72.